The number of hydrogen-bond donors (Lipinski definition) is 1. The van der Waals surface area contributed by atoms with E-state index in [0.29, 0.717) is 10.7 Å². The Hall–Kier alpha value is -2.34. The van der Waals surface area contributed by atoms with Crippen LogP contribution in [0.3, 0.4) is 0 Å². The molecule has 6 heteroatoms. The van der Waals surface area contributed by atoms with Gasteiger partial charge in [0.1, 0.15) is 9.88 Å². The first-order chi connectivity index (χ1) is 9.15. The summed E-state index contributed by atoms with van der Waals surface area (Å²) in [7, 11) is 0. The molecule has 0 saturated carbocycles. The average Bonchev–Trinajstić information content (AvgIpc) is 2.80. The molecule has 1 N–H and O–H groups in total. The van der Waals surface area contributed by atoms with Gasteiger partial charge in [-0.15, -0.1) is 11.3 Å². The Bertz CT molecular complexity index is 782. The van der Waals surface area contributed by atoms with Gasteiger partial charge < -0.3 is 5.11 Å². The molecule has 0 unspecified atom stereocenters. The number of aromatic carboxylic acids is 1. The van der Waals surface area contributed by atoms with Crippen molar-refractivity contribution >= 4 is 28.3 Å². The second-order valence-electron chi connectivity index (χ2n) is 4.00. The van der Waals surface area contributed by atoms with Crippen molar-refractivity contribution in [1.29, 1.82) is 0 Å². The molecule has 0 fully saturated rings. The fourth-order valence-corrected chi connectivity index (χ4v) is 2.72. The topological polar surface area (TPSA) is 76.0 Å². The number of benzene rings is 1. The van der Waals surface area contributed by atoms with E-state index in [9.17, 15) is 4.79 Å². The molecule has 0 radical (unpaired) electrons. The SMILES string of the molecule is Cc1nc(-c2ccc3nccnc3c2)sc1C(=O)O. The minimum Gasteiger partial charge on any atom is -0.477 e. The van der Waals surface area contributed by atoms with Crippen molar-refractivity contribution in [3.8, 4) is 10.6 Å². The number of rotatable bonds is 2. The molecule has 0 aliphatic carbocycles. The zero-order valence-electron chi connectivity index (χ0n) is 9.99. The van der Waals surface area contributed by atoms with Gasteiger partial charge in [0.25, 0.3) is 0 Å². The van der Waals surface area contributed by atoms with E-state index in [1.165, 1.54) is 11.3 Å². The predicted octanol–water partition coefficient (Wildman–Crippen LogP) is 2.76. The molecule has 19 heavy (non-hydrogen) atoms. The van der Waals surface area contributed by atoms with Crippen LogP contribution in [0, 0.1) is 6.92 Å². The summed E-state index contributed by atoms with van der Waals surface area (Å²) >= 11 is 1.17. The molecule has 3 rings (SSSR count). The number of carboxylic acids is 1. The summed E-state index contributed by atoms with van der Waals surface area (Å²) in [6, 6.07) is 5.60. The highest BCUT2D eigenvalue weighted by molar-refractivity contribution is 7.17. The summed E-state index contributed by atoms with van der Waals surface area (Å²) in [6.07, 6.45) is 3.26. The van der Waals surface area contributed by atoms with Gasteiger partial charge in [-0.1, -0.05) is 0 Å². The Kier molecular flexibility index (Phi) is 2.72. The molecule has 5 nitrogen and oxygen atoms in total. The normalized spacial score (nSPS) is 10.8. The quantitative estimate of drug-likeness (QED) is 0.775. The number of carboxylic acid groups (broad SMARTS) is 1. The molecular formula is C13H9N3O2S. The second-order valence-corrected chi connectivity index (χ2v) is 5.00. The molecule has 0 spiro atoms. The molecule has 0 amide bonds. The highest BCUT2D eigenvalue weighted by Crippen LogP contribution is 2.29. The average molecular weight is 271 g/mol. The third-order valence-electron chi connectivity index (χ3n) is 2.71. The van der Waals surface area contributed by atoms with Gasteiger partial charge in [-0.05, 0) is 25.1 Å². The van der Waals surface area contributed by atoms with E-state index in [0.717, 1.165) is 16.6 Å². The molecule has 94 valence electrons. The number of thiazole rings is 1. The highest BCUT2D eigenvalue weighted by Gasteiger charge is 2.15. The van der Waals surface area contributed by atoms with Gasteiger partial charge in [0.05, 0.1) is 16.7 Å². The number of aromatic nitrogens is 3. The maximum atomic E-state index is 11.0. The zero-order chi connectivity index (χ0) is 13.4. The van der Waals surface area contributed by atoms with Crippen LogP contribution >= 0.6 is 11.3 Å². The summed E-state index contributed by atoms with van der Waals surface area (Å²) < 4.78 is 0. The number of nitrogens with zero attached hydrogens (tertiary/aromatic N) is 3. The van der Waals surface area contributed by atoms with E-state index < -0.39 is 5.97 Å². The number of hydrogen-bond acceptors (Lipinski definition) is 5. The fraction of sp³-hybridized carbons (Fsp3) is 0.0769. The lowest BCUT2D eigenvalue weighted by atomic mass is 10.2. The first kappa shape index (κ1) is 11.7. The standard InChI is InChI=1S/C13H9N3O2S/c1-7-11(13(17)18)19-12(16-7)8-2-3-9-10(6-8)15-5-4-14-9/h2-6H,1H3,(H,17,18). The zero-order valence-corrected chi connectivity index (χ0v) is 10.8. The Morgan fingerprint density at radius 1 is 1.21 bits per heavy atom. The van der Waals surface area contributed by atoms with Crippen LogP contribution in [0.4, 0.5) is 0 Å². The van der Waals surface area contributed by atoms with Crippen molar-refractivity contribution in [3.63, 3.8) is 0 Å². The number of aryl methyl sites for hydroxylation is 1. The smallest absolute Gasteiger partial charge is 0.347 e. The molecule has 3 aromatic rings. The minimum absolute atomic E-state index is 0.272. The van der Waals surface area contributed by atoms with Crippen molar-refractivity contribution < 1.29 is 9.90 Å². The molecule has 0 bridgehead atoms. The van der Waals surface area contributed by atoms with Crippen LogP contribution in [-0.4, -0.2) is 26.0 Å². The van der Waals surface area contributed by atoms with Crippen molar-refractivity contribution in [2.24, 2.45) is 0 Å². The van der Waals surface area contributed by atoms with Gasteiger partial charge in [0.15, 0.2) is 0 Å². The maximum Gasteiger partial charge on any atom is 0.347 e. The molecular weight excluding hydrogens is 262 g/mol. The Balaban J connectivity index is 2.13. The van der Waals surface area contributed by atoms with E-state index in [1.807, 2.05) is 18.2 Å². The van der Waals surface area contributed by atoms with Crippen molar-refractivity contribution in [2.45, 2.75) is 6.92 Å². The third-order valence-corrected chi connectivity index (χ3v) is 3.90. The molecule has 1 aromatic carbocycles. The molecule has 0 atom stereocenters. The van der Waals surface area contributed by atoms with Crippen LogP contribution in [0.1, 0.15) is 15.4 Å². The van der Waals surface area contributed by atoms with E-state index in [4.69, 9.17) is 5.11 Å². The van der Waals surface area contributed by atoms with Gasteiger partial charge in [-0.3, -0.25) is 9.97 Å². The molecule has 0 aliphatic heterocycles. The first-order valence-electron chi connectivity index (χ1n) is 5.57. The van der Waals surface area contributed by atoms with E-state index in [2.05, 4.69) is 15.0 Å². The van der Waals surface area contributed by atoms with Crippen LogP contribution in [0.5, 0.6) is 0 Å². The second kappa shape index (κ2) is 4.40. The first-order valence-corrected chi connectivity index (χ1v) is 6.38. The van der Waals surface area contributed by atoms with Gasteiger partial charge in [0, 0.05) is 18.0 Å². The van der Waals surface area contributed by atoms with Crippen LogP contribution in [0.25, 0.3) is 21.6 Å². The van der Waals surface area contributed by atoms with Crippen molar-refractivity contribution in [3.05, 3.63) is 41.2 Å². The molecule has 0 aliphatic rings. The van der Waals surface area contributed by atoms with Crippen LogP contribution < -0.4 is 0 Å². The number of fused-ring (bicyclic) bond motifs is 1. The lowest BCUT2D eigenvalue weighted by molar-refractivity contribution is 0.0701. The Morgan fingerprint density at radius 3 is 2.63 bits per heavy atom. The molecule has 0 saturated heterocycles. The third kappa shape index (κ3) is 2.06. The summed E-state index contributed by atoms with van der Waals surface area (Å²) in [4.78, 5) is 24.0. The van der Waals surface area contributed by atoms with Crippen molar-refractivity contribution in [2.75, 3.05) is 0 Å². The lowest BCUT2D eigenvalue weighted by Crippen LogP contribution is -1.94. The van der Waals surface area contributed by atoms with Gasteiger partial charge in [-0.2, -0.15) is 0 Å². The van der Waals surface area contributed by atoms with Crippen LogP contribution in [-0.2, 0) is 0 Å². The fourth-order valence-electron chi connectivity index (χ4n) is 1.81. The van der Waals surface area contributed by atoms with Crippen molar-refractivity contribution in [1.82, 2.24) is 15.0 Å². The largest absolute Gasteiger partial charge is 0.477 e. The van der Waals surface area contributed by atoms with E-state index >= 15 is 0 Å². The summed E-state index contributed by atoms with van der Waals surface area (Å²) in [5.41, 5.74) is 2.96. The lowest BCUT2D eigenvalue weighted by Gasteiger charge is -1.98. The van der Waals surface area contributed by atoms with Gasteiger partial charge in [-0.25, -0.2) is 9.78 Å². The van der Waals surface area contributed by atoms with E-state index in [-0.39, 0.29) is 4.88 Å². The minimum atomic E-state index is -0.943. The highest BCUT2D eigenvalue weighted by atomic mass is 32.1. The monoisotopic (exact) mass is 271 g/mol. The summed E-state index contributed by atoms with van der Waals surface area (Å²) in [5.74, 6) is -0.943. The Labute approximate surface area is 112 Å². The Morgan fingerprint density at radius 2 is 1.95 bits per heavy atom. The summed E-state index contributed by atoms with van der Waals surface area (Å²) in [6.45, 7) is 1.70. The van der Waals surface area contributed by atoms with Crippen LogP contribution in [0.2, 0.25) is 0 Å². The molecule has 2 heterocycles. The summed E-state index contributed by atoms with van der Waals surface area (Å²) in [5, 5.41) is 9.73. The predicted molar refractivity (Wildman–Crippen MR) is 72.3 cm³/mol. The maximum absolute atomic E-state index is 11.0. The number of carbonyl (C=O) groups is 1. The van der Waals surface area contributed by atoms with Gasteiger partial charge in [0.2, 0.25) is 0 Å². The van der Waals surface area contributed by atoms with E-state index in [1.54, 1.807) is 19.3 Å². The van der Waals surface area contributed by atoms with Gasteiger partial charge >= 0.3 is 5.97 Å². The van der Waals surface area contributed by atoms with Crippen LogP contribution in [0.15, 0.2) is 30.6 Å². The molecule has 2 aromatic heterocycles.